The highest BCUT2D eigenvalue weighted by molar-refractivity contribution is 5.90. The number of hydrogen-bond acceptors (Lipinski definition) is 7. The Balaban J connectivity index is 1.62. The molecule has 37 heavy (non-hydrogen) atoms. The second kappa shape index (κ2) is 10.6. The van der Waals surface area contributed by atoms with Crippen LogP contribution in [0.5, 0.6) is 0 Å². The third-order valence-electron chi connectivity index (χ3n) is 6.96. The average molecular weight is 512 g/mol. The molecule has 1 unspecified atom stereocenters. The molecule has 2 N–H and O–H groups in total. The summed E-state index contributed by atoms with van der Waals surface area (Å²) in [4.78, 5) is 28.8. The normalized spacial score (nSPS) is 19.7. The second-order valence-corrected chi connectivity index (χ2v) is 9.48. The number of rotatable bonds is 6. The fourth-order valence-electron chi connectivity index (χ4n) is 4.96. The maximum atomic E-state index is 16.2. The first kappa shape index (κ1) is 25.3. The van der Waals surface area contributed by atoms with Crippen molar-refractivity contribution >= 4 is 28.7 Å². The van der Waals surface area contributed by atoms with Crippen LogP contribution < -0.4 is 15.5 Å². The number of ether oxygens (including phenoxy) is 2. The number of morpholine rings is 1. The van der Waals surface area contributed by atoms with Crippen LogP contribution in [0, 0.1) is 0 Å². The van der Waals surface area contributed by atoms with Crippen molar-refractivity contribution < 1.29 is 18.7 Å². The molecule has 10 nitrogen and oxygen atoms in total. The summed E-state index contributed by atoms with van der Waals surface area (Å²) in [7, 11) is 0. The lowest BCUT2D eigenvalue weighted by molar-refractivity contribution is -0.0179. The van der Waals surface area contributed by atoms with Gasteiger partial charge in [-0.2, -0.15) is 0 Å². The first-order valence-electron chi connectivity index (χ1n) is 13.0. The van der Waals surface area contributed by atoms with Crippen LogP contribution in [0.2, 0.25) is 0 Å². The van der Waals surface area contributed by atoms with Crippen molar-refractivity contribution in [2.45, 2.75) is 51.9 Å². The molecule has 4 heterocycles. The highest BCUT2D eigenvalue weighted by Crippen LogP contribution is 2.39. The van der Waals surface area contributed by atoms with Crippen molar-refractivity contribution in [1.82, 2.24) is 24.8 Å². The van der Waals surface area contributed by atoms with Gasteiger partial charge in [-0.05, 0) is 45.0 Å². The molecule has 1 aromatic carbocycles. The van der Waals surface area contributed by atoms with E-state index in [-0.39, 0.29) is 24.9 Å². The molecule has 0 saturated carbocycles. The van der Waals surface area contributed by atoms with Gasteiger partial charge in [0.25, 0.3) is 0 Å². The number of aryl methyl sites for hydroxylation is 1. The number of imidazole rings is 1. The molecule has 2 fully saturated rings. The predicted molar refractivity (Wildman–Crippen MR) is 140 cm³/mol. The van der Waals surface area contributed by atoms with Crippen LogP contribution in [-0.4, -0.2) is 71.1 Å². The molecule has 2 amide bonds. The standard InChI is InChI=1S/C26H34FN7O3/c1-4-28-25(35)29-19-8-6-18(7-9-19)21-31-22-20(23(32-21)34-12-15-37-16-17(34)3)30-24(33(22)5-2)26(27)10-13-36-14-11-26/h6-9,17H,4-5,10-16H2,1-3H3,(H2,28,29,35). The molecular formula is C26H34FN7O3. The van der Waals surface area contributed by atoms with Crippen LogP contribution in [-0.2, 0) is 21.7 Å². The first-order chi connectivity index (χ1) is 17.9. The number of alkyl halides is 1. The van der Waals surface area contributed by atoms with E-state index < -0.39 is 5.67 Å². The van der Waals surface area contributed by atoms with Gasteiger partial charge in [0.1, 0.15) is 5.82 Å². The van der Waals surface area contributed by atoms with Crippen LogP contribution in [0.3, 0.4) is 0 Å². The summed E-state index contributed by atoms with van der Waals surface area (Å²) in [6.45, 7) is 9.55. The maximum Gasteiger partial charge on any atom is 0.319 e. The number of benzene rings is 1. The zero-order valence-corrected chi connectivity index (χ0v) is 21.6. The van der Waals surface area contributed by atoms with Gasteiger partial charge < -0.3 is 29.6 Å². The summed E-state index contributed by atoms with van der Waals surface area (Å²) in [6.07, 6.45) is 0.528. The molecule has 198 valence electrons. The van der Waals surface area contributed by atoms with Gasteiger partial charge in [-0.1, -0.05) is 0 Å². The largest absolute Gasteiger partial charge is 0.381 e. The van der Waals surface area contributed by atoms with E-state index in [0.717, 1.165) is 5.56 Å². The summed E-state index contributed by atoms with van der Waals surface area (Å²) in [5.74, 6) is 1.60. The molecule has 0 bridgehead atoms. The van der Waals surface area contributed by atoms with E-state index in [9.17, 15) is 4.79 Å². The third kappa shape index (κ3) is 4.97. The van der Waals surface area contributed by atoms with Gasteiger partial charge in [-0.25, -0.2) is 24.1 Å². The molecule has 0 aliphatic carbocycles. The van der Waals surface area contributed by atoms with Gasteiger partial charge in [0.05, 0.1) is 32.5 Å². The van der Waals surface area contributed by atoms with Crippen LogP contribution in [0.25, 0.3) is 22.6 Å². The Kier molecular flexibility index (Phi) is 7.25. The van der Waals surface area contributed by atoms with Crippen LogP contribution in [0.1, 0.15) is 39.4 Å². The highest BCUT2D eigenvalue weighted by Gasteiger charge is 2.40. The minimum atomic E-state index is -1.57. The number of aromatic nitrogens is 4. The zero-order valence-electron chi connectivity index (χ0n) is 21.6. The van der Waals surface area contributed by atoms with Crippen molar-refractivity contribution in [3.8, 4) is 11.4 Å². The second-order valence-electron chi connectivity index (χ2n) is 9.48. The number of nitrogens with one attached hydrogen (secondary N) is 2. The smallest absolute Gasteiger partial charge is 0.319 e. The molecule has 11 heteroatoms. The quantitative estimate of drug-likeness (QED) is 0.518. The van der Waals surface area contributed by atoms with E-state index in [4.69, 9.17) is 24.4 Å². The van der Waals surface area contributed by atoms with Crippen molar-refractivity contribution in [1.29, 1.82) is 0 Å². The number of fused-ring (bicyclic) bond motifs is 1. The Hall–Kier alpha value is -3.31. The van der Waals surface area contributed by atoms with Crippen LogP contribution in [0.15, 0.2) is 24.3 Å². The SMILES string of the molecule is CCNC(=O)Nc1ccc(-c2nc(N3CCOCC3C)c3nc(C4(F)CCOCC4)n(CC)c3n2)cc1. The van der Waals surface area contributed by atoms with Crippen molar-refractivity contribution in [2.75, 3.05) is 49.7 Å². The molecular weight excluding hydrogens is 477 g/mol. The van der Waals surface area contributed by atoms with Gasteiger partial charge in [-0.3, -0.25) is 0 Å². The molecule has 2 saturated heterocycles. The lowest BCUT2D eigenvalue weighted by atomic mass is 9.95. The molecule has 2 aliphatic rings. The Morgan fingerprint density at radius 1 is 1.11 bits per heavy atom. The summed E-state index contributed by atoms with van der Waals surface area (Å²) in [6, 6.07) is 7.20. The molecule has 2 aromatic heterocycles. The summed E-state index contributed by atoms with van der Waals surface area (Å²) in [5.41, 5.74) is 1.10. The number of nitrogens with zero attached hydrogens (tertiary/aromatic N) is 5. The zero-order chi connectivity index (χ0) is 26.0. The predicted octanol–water partition coefficient (Wildman–Crippen LogP) is 3.85. The fraction of sp³-hybridized carbons (Fsp3) is 0.538. The minimum Gasteiger partial charge on any atom is -0.381 e. The number of halogens is 1. The van der Waals surface area contributed by atoms with E-state index in [1.807, 2.05) is 42.7 Å². The summed E-state index contributed by atoms with van der Waals surface area (Å²) < 4.78 is 29.2. The van der Waals surface area contributed by atoms with E-state index in [1.165, 1.54) is 0 Å². The van der Waals surface area contributed by atoms with Crippen molar-refractivity contribution in [3.63, 3.8) is 0 Å². The van der Waals surface area contributed by atoms with Gasteiger partial charge in [0.2, 0.25) is 0 Å². The van der Waals surface area contributed by atoms with E-state index in [2.05, 4.69) is 22.5 Å². The average Bonchev–Trinajstić information content (AvgIpc) is 3.29. The fourth-order valence-corrected chi connectivity index (χ4v) is 4.96. The number of carbonyl (C=O) groups is 1. The summed E-state index contributed by atoms with van der Waals surface area (Å²) >= 11 is 0. The maximum absolute atomic E-state index is 16.2. The Bertz CT molecular complexity index is 1260. The number of carbonyl (C=O) groups excluding carboxylic acids is 1. The molecule has 3 aromatic rings. The molecule has 0 radical (unpaired) electrons. The monoisotopic (exact) mass is 511 g/mol. The number of amides is 2. The topological polar surface area (TPSA) is 106 Å². The Labute approximate surface area is 215 Å². The van der Waals surface area contributed by atoms with Gasteiger partial charge in [0.15, 0.2) is 28.5 Å². The first-order valence-corrected chi connectivity index (χ1v) is 13.0. The van der Waals surface area contributed by atoms with E-state index >= 15 is 4.39 Å². The van der Waals surface area contributed by atoms with E-state index in [0.29, 0.717) is 80.4 Å². The summed E-state index contributed by atoms with van der Waals surface area (Å²) in [5, 5.41) is 5.52. The molecule has 5 rings (SSSR count). The minimum absolute atomic E-state index is 0.0843. The molecule has 1 atom stereocenters. The lowest BCUT2D eigenvalue weighted by Gasteiger charge is -2.34. The molecule has 0 spiro atoms. The van der Waals surface area contributed by atoms with Crippen molar-refractivity contribution in [3.05, 3.63) is 30.1 Å². The third-order valence-corrected chi connectivity index (χ3v) is 6.96. The Morgan fingerprint density at radius 3 is 2.54 bits per heavy atom. The van der Waals surface area contributed by atoms with Crippen LogP contribution >= 0.6 is 0 Å². The van der Waals surface area contributed by atoms with Gasteiger partial charge in [-0.15, -0.1) is 0 Å². The Morgan fingerprint density at radius 2 is 1.86 bits per heavy atom. The van der Waals surface area contributed by atoms with Crippen LogP contribution in [0.4, 0.5) is 20.7 Å². The number of anilines is 2. The van der Waals surface area contributed by atoms with Gasteiger partial charge in [0, 0.05) is 43.7 Å². The van der Waals surface area contributed by atoms with E-state index in [1.54, 1.807) is 0 Å². The van der Waals surface area contributed by atoms with Gasteiger partial charge >= 0.3 is 6.03 Å². The van der Waals surface area contributed by atoms with Crippen molar-refractivity contribution in [2.24, 2.45) is 0 Å². The number of hydrogen-bond donors (Lipinski definition) is 2. The highest BCUT2D eigenvalue weighted by atomic mass is 19.1. The lowest BCUT2D eigenvalue weighted by Crippen LogP contribution is -2.44. The molecule has 2 aliphatic heterocycles. The number of urea groups is 1.